The van der Waals surface area contributed by atoms with Crippen molar-refractivity contribution in [1.29, 1.82) is 0 Å². The summed E-state index contributed by atoms with van der Waals surface area (Å²) in [6, 6.07) is 10.1. The molecule has 1 aromatic carbocycles. The number of carbonyl (C=O) groups is 1. The van der Waals surface area contributed by atoms with Crippen molar-refractivity contribution in [2.24, 2.45) is 10.2 Å². The van der Waals surface area contributed by atoms with Crippen molar-refractivity contribution in [3.8, 4) is 12.3 Å². The number of rotatable bonds is 9. The van der Waals surface area contributed by atoms with Gasteiger partial charge < -0.3 is 10.2 Å². The van der Waals surface area contributed by atoms with Gasteiger partial charge in [0.1, 0.15) is 0 Å². The highest BCUT2D eigenvalue weighted by molar-refractivity contribution is 5.83. The second-order valence-corrected chi connectivity index (χ2v) is 6.90. The Bertz CT molecular complexity index is 637. The minimum absolute atomic E-state index is 0.0887. The third-order valence-electron chi connectivity index (χ3n) is 5.04. The zero-order valence-electron chi connectivity index (χ0n) is 14.7. The topological polar surface area (TPSA) is 57.1 Å². The van der Waals surface area contributed by atoms with Crippen molar-refractivity contribution in [3.05, 3.63) is 35.9 Å². The van der Waals surface area contributed by atoms with E-state index in [9.17, 15) is 4.79 Å². The van der Waals surface area contributed by atoms with E-state index in [0.717, 1.165) is 38.0 Å². The zero-order valence-corrected chi connectivity index (χ0v) is 14.7. The maximum Gasteiger partial charge on any atom is 0.228 e. The van der Waals surface area contributed by atoms with E-state index >= 15 is 0 Å². The van der Waals surface area contributed by atoms with Gasteiger partial charge in [0.15, 0.2) is 5.66 Å². The third-order valence-corrected chi connectivity index (χ3v) is 5.04. The molecule has 0 saturated carbocycles. The molecule has 1 N–H and O–H groups in total. The van der Waals surface area contributed by atoms with Gasteiger partial charge in [-0.25, -0.2) is 0 Å². The first kappa shape index (κ1) is 17.6. The standard InChI is InChI=1S/C20H26N4O/c1-2-3-11-20(22-23-20)12-13-21-19(25)18(16-24-14-7-8-15-24)17-9-5-4-6-10-17/h1,4-6,9-10,18H,3,7-8,11-16H2,(H,21,25). The molecule has 0 spiro atoms. The average molecular weight is 338 g/mol. The van der Waals surface area contributed by atoms with Crippen LogP contribution in [0.2, 0.25) is 0 Å². The van der Waals surface area contributed by atoms with Crippen LogP contribution in [-0.2, 0) is 4.79 Å². The van der Waals surface area contributed by atoms with Crippen LogP contribution < -0.4 is 5.32 Å². The normalized spacial score (nSPS) is 19.3. The Balaban J connectivity index is 1.54. The number of hydrogen-bond acceptors (Lipinski definition) is 4. The average Bonchev–Trinajstić information content (AvgIpc) is 3.21. The maximum atomic E-state index is 12.8. The molecule has 0 bridgehead atoms. The van der Waals surface area contributed by atoms with Crippen LogP contribution in [0.15, 0.2) is 40.6 Å². The highest BCUT2D eigenvalue weighted by Crippen LogP contribution is 2.36. The van der Waals surface area contributed by atoms with Gasteiger partial charge in [-0.1, -0.05) is 30.3 Å². The summed E-state index contributed by atoms with van der Waals surface area (Å²) in [6.45, 7) is 3.54. The fourth-order valence-corrected chi connectivity index (χ4v) is 3.43. The van der Waals surface area contributed by atoms with E-state index in [0.29, 0.717) is 13.0 Å². The van der Waals surface area contributed by atoms with Crippen molar-refractivity contribution < 1.29 is 4.79 Å². The van der Waals surface area contributed by atoms with Crippen molar-refractivity contribution in [1.82, 2.24) is 10.2 Å². The lowest BCUT2D eigenvalue weighted by Gasteiger charge is -2.23. The van der Waals surface area contributed by atoms with Crippen LogP contribution in [0.1, 0.15) is 43.6 Å². The van der Waals surface area contributed by atoms with E-state index in [1.165, 1.54) is 12.8 Å². The molecule has 3 rings (SSSR count). The highest BCUT2D eigenvalue weighted by atomic mass is 16.1. The lowest BCUT2D eigenvalue weighted by atomic mass is 9.97. The van der Waals surface area contributed by atoms with E-state index in [-0.39, 0.29) is 17.5 Å². The van der Waals surface area contributed by atoms with Gasteiger partial charge in [-0.05, 0) is 31.5 Å². The summed E-state index contributed by atoms with van der Waals surface area (Å²) < 4.78 is 0. The van der Waals surface area contributed by atoms with Gasteiger partial charge >= 0.3 is 0 Å². The number of amides is 1. The predicted octanol–water partition coefficient (Wildman–Crippen LogP) is 2.95. The lowest BCUT2D eigenvalue weighted by molar-refractivity contribution is -0.123. The van der Waals surface area contributed by atoms with Gasteiger partial charge in [0.25, 0.3) is 0 Å². The Morgan fingerprint density at radius 1 is 1.24 bits per heavy atom. The van der Waals surface area contributed by atoms with Crippen molar-refractivity contribution in [2.45, 2.75) is 43.7 Å². The molecule has 1 atom stereocenters. The molecule has 2 aliphatic heterocycles. The Kier molecular flexibility index (Phi) is 5.83. The minimum Gasteiger partial charge on any atom is -0.355 e. The summed E-state index contributed by atoms with van der Waals surface area (Å²) in [4.78, 5) is 15.2. The van der Waals surface area contributed by atoms with Crippen LogP contribution in [-0.4, -0.2) is 42.6 Å². The van der Waals surface area contributed by atoms with Gasteiger partial charge in [-0.3, -0.25) is 4.79 Å². The summed E-state index contributed by atoms with van der Waals surface area (Å²) in [5.41, 5.74) is 0.742. The highest BCUT2D eigenvalue weighted by Gasteiger charge is 2.38. The van der Waals surface area contributed by atoms with Crippen LogP contribution in [0, 0.1) is 12.3 Å². The van der Waals surface area contributed by atoms with E-state index in [1.807, 2.05) is 30.3 Å². The molecule has 2 heterocycles. The molecule has 0 radical (unpaired) electrons. The largest absolute Gasteiger partial charge is 0.355 e. The van der Waals surface area contributed by atoms with E-state index < -0.39 is 0 Å². The Labute approximate surface area is 149 Å². The Morgan fingerprint density at radius 3 is 2.60 bits per heavy atom. The molecule has 1 fully saturated rings. The Hall–Kier alpha value is -2.19. The van der Waals surface area contributed by atoms with Crippen LogP contribution >= 0.6 is 0 Å². The summed E-state index contributed by atoms with van der Waals surface area (Å²) in [5, 5.41) is 11.3. The SMILES string of the molecule is C#CCCC1(CCNC(=O)C(CN2CCCC2)c2ccccc2)N=N1. The monoisotopic (exact) mass is 338 g/mol. The third kappa shape index (κ3) is 4.90. The molecule has 132 valence electrons. The number of benzene rings is 1. The number of carbonyl (C=O) groups excluding carboxylic acids is 1. The Morgan fingerprint density at radius 2 is 1.96 bits per heavy atom. The molecule has 1 saturated heterocycles. The minimum atomic E-state index is -0.336. The summed E-state index contributed by atoms with van der Waals surface area (Å²) in [5.74, 6) is 2.59. The molecule has 1 unspecified atom stereocenters. The first-order valence-corrected chi connectivity index (χ1v) is 9.15. The second-order valence-electron chi connectivity index (χ2n) is 6.90. The number of likely N-dealkylation sites (tertiary alicyclic amines) is 1. The second kappa shape index (κ2) is 8.26. The van der Waals surface area contributed by atoms with Crippen molar-refractivity contribution in [2.75, 3.05) is 26.2 Å². The van der Waals surface area contributed by atoms with E-state index in [4.69, 9.17) is 6.42 Å². The van der Waals surface area contributed by atoms with Gasteiger partial charge in [0.2, 0.25) is 5.91 Å². The smallest absolute Gasteiger partial charge is 0.228 e. The molecule has 2 aliphatic rings. The number of terminal acetylenes is 1. The first-order valence-electron chi connectivity index (χ1n) is 9.15. The van der Waals surface area contributed by atoms with E-state index in [2.05, 4.69) is 26.4 Å². The van der Waals surface area contributed by atoms with Gasteiger partial charge in [0.05, 0.1) is 5.92 Å². The van der Waals surface area contributed by atoms with Crippen molar-refractivity contribution >= 4 is 5.91 Å². The molecular formula is C20H26N4O. The summed E-state index contributed by atoms with van der Waals surface area (Å²) >= 11 is 0. The van der Waals surface area contributed by atoms with Crippen LogP contribution in [0.25, 0.3) is 0 Å². The maximum absolute atomic E-state index is 12.8. The number of nitrogens with one attached hydrogen (secondary N) is 1. The molecular weight excluding hydrogens is 312 g/mol. The van der Waals surface area contributed by atoms with Gasteiger partial charge in [0, 0.05) is 32.4 Å². The van der Waals surface area contributed by atoms with Crippen LogP contribution in [0.4, 0.5) is 0 Å². The molecule has 0 aliphatic carbocycles. The first-order chi connectivity index (χ1) is 12.2. The predicted molar refractivity (Wildman–Crippen MR) is 98.1 cm³/mol. The molecule has 5 nitrogen and oxygen atoms in total. The number of nitrogens with zero attached hydrogens (tertiary/aromatic N) is 3. The quantitative estimate of drug-likeness (QED) is 0.704. The zero-order chi connectivity index (χ0) is 17.5. The molecule has 0 aromatic heterocycles. The molecule has 1 aromatic rings. The fourth-order valence-electron chi connectivity index (χ4n) is 3.43. The van der Waals surface area contributed by atoms with E-state index in [1.54, 1.807) is 0 Å². The fraction of sp³-hybridized carbons (Fsp3) is 0.550. The summed E-state index contributed by atoms with van der Waals surface area (Å²) in [6.07, 6.45) is 9.94. The molecule has 1 amide bonds. The summed E-state index contributed by atoms with van der Waals surface area (Å²) in [7, 11) is 0. The van der Waals surface area contributed by atoms with Gasteiger partial charge in [-0.2, -0.15) is 10.2 Å². The molecule has 5 heteroatoms. The van der Waals surface area contributed by atoms with Gasteiger partial charge in [-0.15, -0.1) is 12.3 Å². The van der Waals surface area contributed by atoms with Crippen LogP contribution in [0.3, 0.4) is 0 Å². The molecule has 25 heavy (non-hydrogen) atoms. The number of hydrogen-bond donors (Lipinski definition) is 1. The lowest BCUT2D eigenvalue weighted by Crippen LogP contribution is -2.38. The van der Waals surface area contributed by atoms with Crippen LogP contribution in [0.5, 0.6) is 0 Å². The van der Waals surface area contributed by atoms with Crippen molar-refractivity contribution in [3.63, 3.8) is 0 Å².